The van der Waals surface area contributed by atoms with Crippen LogP contribution in [0.1, 0.15) is 86.0 Å². The van der Waals surface area contributed by atoms with Gasteiger partial charge in [-0.3, -0.25) is 0 Å². The van der Waals surface area contributed by atoms with E-state index in [1.54, 1.807) is 5.57 Å². The van der Waals surface area contributed by atoms with Crippen LogP contribution in [0.2, 0.25) is 18.1 Å². The summed E-state index contributed by atoms with van der Waals surface area (Å²) in [7, 11) is -1.68. The molecule has 1 unspecified atom stereocenters. The highest BCUT2D eigenvalue weighted by Crippen LogP contribution is 2.66. The zero-order valence-electron chi connectivity index (χ0n) is 20.3. The van der Waals surface area contributed by atoms with Crippen LogP contribution in [0.4, 0.5) is 0 Å². The minimum Gasteiger partial charge on any atom is -0.414 e. The van der Waals surface area contributed by atoms with E-state index < -0.39 is 8.32 Å². The summed E-state index contributed by atoms with van der Waals surface area (Å²) in [5, 5.41) is 0.303. The third kappa shape index (κ3) is 3.36. The molecule has 0 aromatic heterocycles. The SMILES string of the molecule is C=C[C@H]1CC[C@H]2[C@@H]3CC=C4CC(O[Si](C)(C)C(C)(C)C)CC[C@]4(C)[C@H]3CC[C@]12C. The second-order valence-corrected chi connectivity index (χ2v) is 17.7. The van der Waals surface area contributed by atoms with E-state index in [4.69, 9.17) is 4.43 Å². The first-order valence-corrected chi connectivity index (χ1v) is 15.3. The molecule has 7 atom stereocenters. The molecule has 0 saturated heterocycles. The Morgan fingerprint density at radius 3 is 2.45 bits per heavy atom. The maximum Gasteiger partial charge on any atom is 0.192 e. The van der Waals surface area contributed by atoms with Crippen LogP contribution in [0.25, 0.3) is 0 Å². The molecule has 4 rings (SSSR count). The lowest BCUT2D eigenvalue weighted by atomic mass is 9.47. The van der Waals surface area contributed by atoms with Gasteiger partial charge in [0, 0.05) is 6.10 Å². The molecule has 0 aromatic carbocycles. The van der Waals surface area contributed by atoms with Crippen LogP contribution in [0, 0.1) is 34.5 Å². The minimum atomic E-state index is -1.68. The summed E-state index contributed by atoms with van der Waals surface area (Å²) in [6, 6.07) is 0. The molecule has 164 valence electrons. The summed E-state index contributed by atoms with van der Waals surface area (Å²) >= 11 is 0. The topological polar surface area (TPSA) is 9.23 Å². The highest BCUT2D eigenvalue weighted by Gasteiger charge is 2.58. The number of hydrogen-bond acceptors (Lipinski definition) is 1. The summed E-state index contributed by atoms with van der Waals surface area (Å²) in [5.41, 5.74) is 2.72. The van der Waals surface area contributed by atoms with Gasteiger partial charge < -0.3 is 4.43 Å². The average Bonchev–Trinajstić information content (AvgIpc) is 2.97. The van der Waals surface area contributed by atoms with Crippen molar-refractivity contribution in [3.05, 3.63) is 24.3 Å². The van der Waals surface area contributed by atoms with E-state index in [9.17, 15) is 0 Å². The summed E-state index contributed by atoms with van der Waals surface area (Å²) in [6.45, 7) is 21.4. The van der Waals surface area contributed by atoms with Gasteiger partial charge in [-0.25, -0.2) is 0 Å². The summed E-state index contributed by atoms with van der Waals surface area (Å²) in [5.74, 6) is 3.48. The van der Waals surface area contributed by atoms with Crippen molar-refractivity contribution in [1.29, 1.82) is 0 Å². The first-order valence-electron chi connectivity index (χ1n) is 12.4. The molecule has 0 spiro atoms. The Labute approximate surface area is 181 Å². The smallest absolute Gasteiger partial charge is 0.192 e. The van der Waals surface area contributed by atoms with Gasteiger partial charge in [-0.15, -0.1) is 6.58 Å². The lowest BCUT2D eigenvalue weighted by Crippen LogP contribution is -2.51. The van der Waals surface area contributed by atoms with Crippen LogP contribution in [-0.4, -0.2) is 14.4 Å². The first kappa shape index (κ1) is 21.9. The molecule has 0 aromatic rings. The Morgan fingerprint density at radius 2 is 1.79 bits per heavy atom. The standard InChI is InChI=1S/C27H46OSi/c1-9-19-11-13-23-22-12-10-20-18-21(28-29(7,8)25(2,3)4)14-16-27(20,6)24(22)15-17-26(19,23)5/h9-10,19,21-24H,1,11-18H2,2-8H3/t19-,21?,22-,23-,24-,26+,27-/m0/s1. The van der Waals surface area contributed by atoms with Crippen molar-refractivity contribution in [2.24, 2.45) is 34.5 Å². The Morgan fingerprint density at radius 1 is 1.07 bits per heavy atom. The van der Waals surface area contributed by atoms with Crippen molar-refractivity contribution in [2.75, 3.05) is 0 Å². The molecule has 0 radical (unpaired) electrons. The zero-order valence-corrected chi connectivity index (χ0v) is 21.3. The van der Waals surface area contributed by atoms with E-state index in [1.165, 1.54) is 51.4 Å². The predicted molar refractivity (Wildman–Crippen MR) is 127 cm³/mol. The van der Waals surface area contributed by atoms with E-state index >= 15 is 0 Å². The highest BCUT2D eigenvalue weighted by atomic mass is 28.4. The molecule has 29 heavy (non-hydrogen) atoms. The van der Waals surface area contributed by atoms with Gasteiger partial charge in [-0.05, 0) is 104 Å². The van der Waals surface area contributed by atoms with Crippen molar-refractivity contribution in [1.82, 2.24) is 0 Å². The van der Waals surface area contributed by atoms with E-state index in [0.717, 1.165) is 23.7 Å². The van der Waals surface area contributed by atoms with Crippen LogP contribution >= 0.6 is 0 Å². The fourth-order valence-corrected chi connectivity index (χ4v) is 9.14. The van der Waals surface area contributed by atoms with Gasteiger partial charge in [0.15, 0.2) is 8.32 Å². The minimum absolute atomic E-state index is 0.303. The fraction of sp³-hybridized carbons (Fsp3) is 0.852. The number of rotatable bonds is 3. The molecule has 0 bridgehead atoms. The molecule has 4 aliphatic rings. The van der Waals surface area contributed by atoms with Crippen molar-refractivity contribution in [3.63, 3.8) is 0 Å². The van der Waals surface area contributed by atoms with Crippen molar-refractivity contribution in [3.8, 4) is 0 Å². The second kappa shape index (κ2) is 7.09. The number of allylic oxidation sites excluding steroid dienone is 2. The number of hydrogen-bond donors (Lipinski definition) is 0. The van der Waals surface area contributed by atoms with Gasteiger partial charge in [0.25, 0.3) is 0 Å². The first-order chi connectivity index (χ1) is 13.4. The van der Waals surface area contributed by atoms with Crippen LogP contribution in [0.3, 0.4) is 0 Å². The molecule has 0 amide bonds. The molecule has 3 saturated carbocycles. The normalized spacial score (nSPS) is 45.1. The van der Waals surface area contributed by atoms with Crippen LogP contribution < -0.4 is 0 Å². The maximum absolute atomic E-state index is 6.87. The summed E-state index contributed by atoms with van der Waals surface area (Å²) in [4.78, 5) is 0. The maximum atomic E-state index is 6.87. The van der Waals surface area contributed by atoms with Gasteiger partial charge >= 0.3 is 0 Å². The van der Waals surface area contributed by atoms with Crippen LogP contribution in [-0.2, 0) is 4.43 Å². The van der Waals surface area contributed by atoms with Crippen LogP contribution in [0.15, 0.2) is 24.3 Å². The molecular weight excluding hydrogens is 368 g/mol. The van der Waals surface area contributed by atoms with Gasteiger partial charge in [-0.2, -0.15) is 0 Å². The number of fused-ring (bicyclic) bond motifs is 5. The van der Waals surface area contributed by atoms with E-state index in [0.29, 0.717) is 22.0 Å². The summed E-state index contributed by atoms with van der Waals surface area (Å²) in [6.07, 6.45) is 16.2. The van der Waals surface area contributed by atoms with E-state index in [1.807, 2.05) is 0 Å². The van der Waals surface area contributed by atoms with E-state index in [2.05, 4.69) is 66.4 Å². The molecule has 0 N–H and O–H groups in total. The molecular formula is C27H46OSi. The lowest BCUT2D eigenvalue weighted by Gasteiger charge is -2.58. The highest BCUT2D eigenvalue weighted by molar-refractivity contribution is 6.74. The molecule has 1 nitrogen and oxygen atoms in total. The third-order valence-corrected chi connectivity index (χ3v) is 15.2. The summed E-state index contributed by atoms with van der Waals surface area (Å²) < 4.78 is 6.87. The van der Waals surface area contributed by atoms with Crippen LogP contribution in [0.5, 0.6) is 0 Å². The average molecular weight is 415 g/mol. The fourth-order valence-electron chi connectivity index (χ4n) is 7.75. The lowest BCUT2D eigenvalue weighted by molar-refractivity contribution is -0.0432. The Bertz CT molecular complexity index is 685. The largest absolute Gasteiger partial charge is 0.414 e. The molecule has 4 aliphatic carbocycles. The second-order valence-electron chi connectivity index (χ2n) is 13.0. The predicted octanol–water partition coefficient (Wildman–Crippen LogP) is 8.14. The monoisotopic (exact) mass is 414 g/mol. The van der Waals surface area contributed by atoms with Gasteiger partial charge in [0.05, 0.1) is 0 Å². The van der Waals surface area contributed by atoms with Crippen molar-refractivity contribution < 1.29 is 4.43 Å². The molecule has 2 heteroatoms. The van der Waals surface area contributed by atoms with Gasteiger partial charge in [0.2, 0.25) is 0 Å². The van der Waals surface area contributed by atoms with E-state index in [-0.39, 0.29) is 0 Å². The Balaban J connectivity index is 1.53. The molecule has 0 aliphatic heterocycles. The van der Waals surface area contributed by atoms with Crippen molar-refractivity contribution >= 4 is 8.32 Å². The van der Waals surface area contributed by atoms with Gasteiger partial charge in [0.1, 0.15) is 0 Å². The van der Waals surface area contributed by atoms with Gasteiger partial charge in [-0.1, -0.05) is 52.3 Å². The third-order valence-electron chi connectivity index (χ3n) is 10.7. The van der Waals surface area contributed by atoms with Crippen molar-refractivity contribution in [2.45, 2.75) is 110 Å². The molecule has 3 fully saturated rings. The Hall–Kier alpha value is -0.343. The Kier molecular flexibility index (Phi) is 5.35. The molecule has 0 heterocycles. The zero-order chi connectivity index (χ0) is 21.2. The quantitative estimate of drug-likeness (QED) is 0.334.